The van der Waals surface area contributed by atoms with E-state index in [9.17, 15) is 36.6 Å². The summed E-state index contributed by atoms with van der Waals surface area (Å²) in [5.74, 6) is -6.42. The summed E-state index contributed by atoms with van der Waals surface area (Å²) in [6, 6.07) is 12.1. The van der Waals surface area contributed by atoms with Gasteiger partial charge in [-0.2, -0.15) is 8.78 Å². The molecular weight excluding hydrogens is 487 g/mol. The predicted molar refractivity (Wildman–Crippen MR) is 119 cm³/mol. The number of amides is 1. The van der Waals surface area contributed by atoms with Crippen LogP contribution in [0, 0.1) is 5.92 Å². The molecule has 4 rings (SSSR count). The molecule has 0 saturated heterocycles. The molecule has 2 aromatic carbocycles. The Kier molecular flexibility index (Phi) is 6.42. The molecule has 188 valence electrons. The number of hydrogen-bond acceptors (Lipinski definition) is 4. The summed E-state index contributed by atoms with van der Waals surface area (Å²) in [6.45, 7) is 0.696. The molecule has 1 fully saturated rings. The number of carbonyl (C=O) groups excluding carboxylic acids is 1. The van der Waals surface area contributed by atoms with Crippen molar-refractivity contribution >= 4 is 17.6 Å². The van der Waals surface area contributed by atoms with Crippen molar-refractivity contribution in [2.75, 3.05) is 5.32 Å². The minimum Gasteiger partial charge on any atom is -0.478 e. The first kappa shape index (κ1) is 25.1. The maximum atomic E-state index is 13.4. The summed E-state index contributed by atoms with van der Waals surface area (Å²) in [4.78, 5) is 28.3. The van der Waals surface area contributed by atoms with Crippen molar-refractivity contribution in [3.63, 3.8) is 0 Å². The van der Waals surface area contributed by atoms with E-state index in [0.29, 0.717) is 18.9 Å². The molecule has 1 aliphatic rings. The standard InChI is InChI=1S/C25H19F5N2O4/c1-24(26,27)21-9-6-13(12-31-21)15-8-7-14(10-19(15)23(34)35)32-22(33)18-11-17(18)16-4-2-3-5-20(16)36-25(28,29)30/h2-10,12,17-18H,11H2,1H3,(H,32,33)(H,34,35)/t17-,18+/m0/s1. The third kappa shape index (κ3) is 5.61. The number of pyridine rings is 1. The number of ether oxygens (including phenoxy) is 1. The number of carbonyl (C=O) groups is 2. The first-order chi connectivity index (χ1) is 16.8. The third-order valence-corrected chi connectivity index (χ3v) is 5.71. The first-order valence-electron chi connectivity index (χ1n) is 10.7. The topological polar surface area (TPSA) is 88.5 Å². The van der Waals surface area contributed by atoms with Crippen molar-refractivity contribution < 1.29 is 41.4 Å². The van der Waals surface area contributed by atoms with E-state index in [1.165, 1.54) is 42.5 Å². The molecule has 1 amide bonds. The highest BCUT2D eigenvalue weighted by Gasteiger charge is 2.46. The minimum absolute atomic E-state index is 0.163. The fourth-order valence-corrected chi connectivity index (χ4v) is 3.93. The molecule has 6 nitrogen and oxygen atoms in total. The van der Waals surface area contributed by atoms with Crippen LogP contribution in [0.4, 0.5) is 27.6 Å². The molecule has 36 heavy (non-hydrogen) atoms. The number of aromatic carboxylic acids is 1. The largest absolute Gasteiger partial charge is 0.573 e. The van der Waals surface area contributed by atoms with Gasteiger partial charge in [-0.3, -0.25) is 9.78 Å². The van der Waals surface area contributed by atoms with Gasteiger partial charge in [-0.05, 0) is 47.7 Å². The second kappa shape index (κ2) is 9.21. The molecule has 11 heteroatoms. The van der Waals surface area contributed by atoms with Crippen molar-refractivity contribution in [2.24, 2.45) is 5.92 Å². The molecule has 1 saturated carbocycles. The Hall–Kier alpha value is -4.02. The van der Waals surface area contributed by atoms with Gasteiger partial charge in [0, 0.05) is 30.3 Å². The molecule has 1 aromatic heterocycles. The van der Waals surface area contributed by atoms with E-state index in [-0.39, 0.29) is 28.1 Å². The maximum absolute atomic E-state index is 13.4. The van der Waals surface area contributed by atoms with Crippen LogP contribution < -0.4 is 10.1 Å². The van der Waals surface area contributed by atoms with Crippen LogP contribution >= 0.6 is 0 Å². The molecule has 1 heterocycles. The summed E-state index contributed by atoms with van der Waals surface area (Å²) in [7, 11) is 0. The molecule has 2 N–H and O–H groups in total. The van der Waals surface area contributed by atoms with Gasteiger partial charge >= 0.3 is 12.3 Å². The second-order valence-electron chi connectivity index (χ2n) is 8.41. The van der Waals surface area contributed by atoms with Gasteiger partial charge < -0.3 is 15.2 Å². The Morgan fingerprint density at radius 2 is 1.78 bits per heavy atom. The van der Waals surface area contributed by atoms with Gasteiger partial charge in [0.25, 0.3) is 5.92 Å². The van der Waals surface area contributed by atoms with Crippen LogP contribution in [0.1, 0.15) is 40.9 Å². The fraction of sp³-hybridized carbons (Fsp3) is 0.240. The highest BCUT2D eigenvalue weighted by atomic mass is 19.4. The molecule has 3 aromatic rings. The van der Waals surface area contributed by atoms with E-state index in [1.807, 2.05) is 0 Å². The van der Waals surface area contributed by atoms with Crippen LogP contribution in [0.25, 0.3) is 11.1 Å². The van der Waals surface area contributed by atoms with Crippen LogP contribution in [-0.2, 0) is 10.7 Å². The zero-order valence-corrected chi connectivity index (χ0v) is 18.6. The van der Waals surface area contributed by atoms with Crippen LogP contribution in [0.5, 0.6) is 5.75 Å². The van der Waals surface area contributed by atoms with E-state index >= 15 is 0 Å². The number of benzene rings is 2. The third-order valence-electron chi connectivity index (χ3n) is 5.71. The number of carboxylic acids is 1. The van der Waals surface area contributed by atoms with E-state index in [1.54, 1.807) is 6.07 Å². The SMILES string of the molecule is CC(F)(F)c1ccc(-c2ccc(NC(=O)[C@@H]3C[C@H]3c3ccccc3OC(F)(F)F)cc2C(=O)O)cn1. The van der Waals surface area contributed by atoms with E-state index < -0.39 is 41.7 Å². The van der Waals surface area contributed by atoms with E-state index in [0.717, 1.165) is 12.3 Å². The molecule has 0 spiro atoms. The van der Waals surface area contributed by atoms with Crippen molar-refractivity contribution in [1.29, 1.82) is 0 Å². The number of para-hydroxylation sites is 1. The number of halogens is 5. The smallest absolute Gasteiger partial charge is 0.478 e. The summed E-state index contributed by atoms with van der Waals surface area (Å²) in [5, 5.41) is 12.2. The van der Waals surface area contributed by atoms with Crippen molar-refractivity contribution in [1.82, 2.24) is 4.98 Å². The average molecular weight is 506 g/mol. The van der Waals surface area contributed by atoms with Crippen LogP contribution in [0.15, 0.2) is 60.8 Å². The lowest BCUT2D eigenvalue weighted by Crippen LogP contribution is -2.18. The Morgan fingerprint density at radius 3 is 2.39 bits per heavy atom. The summed E-state index contributed by atoms with van der Waals surface area (Å²) < 4.78 is 69.0. The van der Waals surface area contributed by atoms with Crippen molar-refractivity contribution in [3.8, 4) is 16.9 Å². The molecule has 1 aliphatic carbocycles. The Bertz CT molecular complexity index is 1300. The number of nitrogens with zero attached hydrogens (tertiary/aromatic N) is 1. The van der Waals surface area contributed by atoms with E-state index in [2.05, 4.69) is 15.0 Å². The summed E-state index contributed by atoms with van der Waals surface area (Å²) in [6.07, 6.45) is -3.43. The molecule has 0 radical (unpaired) electrons. The quantitative estimate of drug-likeness (QED) is 0.373. The minimum atomic E-state index is -4.87. The van der Waals surface area contributed by atoms with Gasteiger partial charge in [-0.1, -0.05) is 30.3 Å². The van der Waals surface area contributed by atoms with Gasteiger partial charge in [0.05, 0.1) is 5.56 Å². The van der Waals surface area contributed by atoms with Gasteiger partial charge in [0.2, 0.25) is 5.91 Å². The second-order valence-corrected chi connectivity index (χ2v) is 8.41. The monoisotopic (exact) mass is 506 g/mol. The predicted octanol–water partition coefficient (Wildman–Crippen LogP) is 6.20. The number of anilines is 1. The normalized spacial score (nSPS) is 17.4. The zero-order valence-electron chi connectivity index (χ0n) is 18.6. The lowest BCUT2D eigenvalue weighted by Gasteiger charge is -2.13. The summed E-state index contributed by atoms with van der Waals surface area (Å²) >= 11 is 0. The van der Waals surface area contributed by atoms with Gasteiger partial charge in [0.1, 0.15) is 11.4 Å². The highest BCUT2D eigenvalue weighted by Crippen LogP contribution is 2.51. The average Bonchev–Trinajstić information content (AvgIpc) is 3.59. The number of rotatable bonds is 7. The molecule has 0 unspecified atom stereocenters. The van der Waals surface area contributed by atoms with E-state index in [4.69, 9.17) is 0 Å². The van der Waals surface area contributed by atoms with Gasteiger partial charge in [-0.15, -0.1) is 13.2 Å². The van der Waals surface area contributed by atoms with Crippen LogP contribution in [-0.4, -0.2) is 28.3 Å². The highest BCUT2D eigenvalue weighted by molar-refractivity contribution is 6.00. The molecular formula is C25H19F5N2O4. The number of hydrogen-bond donors (Lipinski definition) is 2. The van der Waals surface area contributed by atoms with Crippen LogP contribution in [0.2, 0.25) is 0 Å². The number of alkyl halides is 5. The molecule has 2 atom stereocenters. The molecule has 0 aliphatic heterocycles. The first-order valence-corrected chi connectivity index (χ1v) is 10.7. The van der Waals surface area contributed by atoms with Gasteiger partial charge in [-0.25, -0.2) is 4.79 Å². The zero-order chi connectivity index (χ0) is 26.3. The maximum Gasteiger partial charge on any atom is 0.573 e. The Labute approximate surface area is 201 Å². The molecule has 0 bridgehead atoms. The summed E-state index contributed by atoms with van der Waals surface area (Å²) in [5.41, 5.74) is 0.264. The lowest BCUT2D eigenvalue weighted by molar-refractivity contribution is -0.274. The van der Waals surface area contributed by atoms with Crippen molar-refractivity contribution in [2.45, 2.75) is 31.5 Å². The number of carboxylic acid groups (broad SMARTS) is 1. The Balaban J connectivity index is 1.51. The Morgan fingerprint density at radius 1 is 1.06 bits per heavy atom. The fourth-order valence-electron chi connectivity index (χ4n) is 3.93. The van der Waals surface area contributed by atoms with Crippen LogP contribution in [0.3, 0.4) is 0 Å². The number of aromatic nitrogens is 1. The van der Waals surface area contributed by atoms with Crippen molar-refractivity contribution in [3.05, 3.63) is 77.6 Å². The number of nitrogens with one attached hydrogen (secondary N) is 1. The lowest BCUT2D eigenvalue weighted by atomic mass is 9.99. The van der Waals surface area contributed by atoms with Gasteiger partial charge in [0.15, 0.2) is 0 Å².